The molecule has 0 amide bonds. The first-order valence-corrected chi connectivity index (χ1v) is 23.4. The first kappa shape index (κ1) is 45.0. The summed E-state index contributed by atoms with van der Waals surface area (Å²) in [4.78, 5) is 88.9. The summed E-state index contributed by atoms with van der Waals surface area (Å²) in [6.45, 7) is 8.38. The number of alkyl halides is 3. The fourth-order valence-electron chi connectivity index (χ4n) is 13.8. The SMILES string of the molecule is C1=CC2(C=C1)CC2.CC.CC1(C)C2CCC1C1C(=O)OC(=O)C12.ClC(Cl)Cl.O=C1C=CC(=O)O1.O=C1OC(=O)C2C1C1C=CC2C12CC2.O=C1OC(=O)C2C1C1CCC2C12CC2. The summed E-state index contributed by atoms with van der Waals surface area (Å²) in [5, 5.41) is 0. The average Bonchev–Trinajstić information content (AvgIpc) is 3.96. The van der Waals surface area contributed by atoms with Crippen molar-refractivity contribution in [3.8, 4) is 0 Å². The lowest BCUT2D eigenvalue weighted by molar-refractivity contribution is -0.157. The van der Waals surface area contributed by atoms with Gasteiger partial charge in [0.15, 0.2) is 4.30 Å². The van der Waals surface area contributed by atoms with Crippen molar-refractivity contribution < 1.29 is 57.3 Å². The normalized spacial score (nSPS) is 39.7. The second-order valence-electron chi connectivity index (χ2n) is 19.5. The molecule has 12 atom stereocenters. The quantitative estimate of drug-likeness (QED) is 0.0757. The van der Waals surface area contributed by atoms with Gasteiger partial charge in [0.05, 0.1) is 35.5 Å². The van der Waals surface area contributed by atoms with Crippen molar-refractivity contribution in [2.24, 2.45) is 92.7 Å². The highest BCUT2D eigenvalue weighted by atomic mass is 35.6. The summed E-state index contributed by atoms with van der Waals surface area (Å²) < 4.78 is 17.4. The number of hydrogen-bond donors (Lipinski definition) is 0. The van der Waals surface area contributed by atoms with E-state index < -0.39 is 16.2 Å². The Morgan fingerprint density at radius 3 is 1.10 bits per heavy atom. The molecule has 4 heterocycles. The molecule has 0 aromatic heterocycles. The minimum atomic E-state index is -0.750. The Kier molecular flexibility index (Phi) is 11.9. The summed E-state index contributed by atoms with van der Waals surface area (Å²) in [7, 11) is 0. The molecule has 11 fully saturated rings. The second kappa shape index (κ2) is 16.4. The lowest BCUT2D eigenvalue weighted by Gasteiger charge is -2.25. The zero-order chi connectivity index (χ0) is 44.7. The molecule has 8 saturated carbocycles. The van der Waals surface area contributed by atoms with Crippen LogP contribution in [0.1, 0.15) is 91.9 Å². The van der Waals surface area contributed by atoms with Gasteiger partial charge in [0.2, 0.25) is 0 Å². The van der Waals surface area contributed by atoms with Crippen LogP contribution in [0.5, 0.6) is 0 Å². The molecule has 14 rings (SSSR count). The molecule has 6 bridgehead atoms. The molecule has 334 valence electrons. The first-order chi connectivity index (χ1) is 29.4. The number of carbonyl (C=O) groups is 8. The van der Waals surface area contributed by atoms with Crippen LogP contribution >= 0.6 is 34.8 Å². The van der Waals surface area contributed by atoms with Crippen LogP contribution in [0, 0.1) is 92.7 Å². The van der Waals surface area contributed by atoms with E-state index in [1.165, 1.54) is 38.5 Å². The molecular formula is C47H53Cl3O12. The molecule has 62 heavy (non-hydrogen) atoms. The van der Waals surface area contributed by atoms with Gasteiger partial charge >= 0.3 is 47.8 Å². The van der Waals surface area contributed by atoms with Gasteiger partial charge in [-0.1, -0.05) is 99.0 Å². The van der Waals surface area contributed by atoms with Crippen molar-refractivity contribution in [2.45, 2.75) is 96.2 Å². The number of ether oxygens (including phenoxy) is 4. The minimum Gasteiger partial charge on any atom is -0.393 e. The molecule has 4 aliphatic heterocycles. The van der Waals surface area contributed by atoms with Crippen molar-refractivity contribution >= 4 is 82.6 Å². The molecule has 14 aliphatic rings. The lowest BCUT2D eigenvalue weighted by atomic mass is 9.80. The second-order valence-corrected chi connectivity index (χ2v) is 21.4. The zero-order valence-electron chi connectivity index (χ0n) is 35.2. The third-order valence-electron chi connectivity index (χ3n) is 16.7. The van der Waals surface area contributed by atoms with E-state index >= 15 is 0 Å². The minimum absolute atomic E-state index is 0.0521. The molecule has 12 unspecified atom stereocenters. The van der Waals surface area contributed by atoms with E-state index in [4.69, 9.17) is 49.0 Å². The van der Waals surface area contributed by atoms with E-state index in [0.29, 0.717) is 51.8 Å². The highest BCUT2D eigenvalue weighted by molar-refractivity contribution is 6.63. The maximum atomic E-state index is 11.5. The number of carbonyl (C=O) groups excluding carboxylic acids is 8. The Labute approximate surface area is 375 Å². The number of hydrogen-bond acceptors (Lipinski definition) is 12. The standard InChI is InChI=1S/C11H12O3.C11H10O3.C11H14O3.C7H8.C4H2O3.C2H6.CHCl3/c2*12-9-7-5-1-2-6(11(5)3-4-11)8(7)10(13)14-9;1-11(2)5-3-4-6(11)8-7(5)9(12)14-10(8)13;1-2-4-7(3-1)5-6-7;5-3-1-2-4(6)7-3;1-2;2-1(3)4/h5-8H,1-4H2;1-2,5-8H,3-4H2;5-8H,3-4H2,1-2H3;1-4H,5-6H2;1-2H;1-2H3;1H. The first-order valence-electron chi connectivity index (χ1n) is 22.1. The van der Waals surface area contributed by atoms with E-state index in [-0.39, 0.29) is 76.7 Å². The molecule has 0 aromatic rings. The van der Waals surface area contributed by atoms with Crippen LogP contribution in [-0.4, -0.2) is 52.0 Å². The van der Waals surface area contributed by atoms with Gasteiger partial charge < -0.3 is 18.9 Å². The van der Waals surface area contributed by atoms with E-state index in [1.807, 2.05) is 13.8 Å². The fraction of sp³-hybridized carbons (Fsp3) is 0.660. The van der Waals surface area contributed by atoms with Crippen LogP contribution in [0.4, 0.5) is 0 Å². The smallest absolute Gasteiger partial charge is 0.338 e. The highest BCUT2D eigenvalue weighted by Crippen LogP contribution is 2.76. The van der Waals surface area contributed by atoms with Gasteiger partial charge in [0.25, 0.3) is 0 Å². The molecule has 10 aliphatic carbocycles. The Morgan fingerprint density at radius 1 is 0.484 bits per heavy atom. The van der Waals surface area contributed by atoms with Crippen LogP contribution in [0.3, 0.4) is 0 Å². The zero-order valence-corrected chi connectivity index (χ0v) is 37.5. The third kappa shape index (κ3) is 7.45. The molecule has 3 spiro atoms. The number of cyclic esters (lactones) is 8. The van der Waals surface area contributed by atoms with E-state index in [1.54, 1.807) is 0 Å². The van der Waals surface area contributed by atoms with Crippen LogP contribution in [-0.2, 0) is 57.3 Å². The van der Waals surface area contributed by atoms with Gasteiger partial charge in [-0.05, 0) is 116 Å². The van der Waals surface area contributed by atoms with Crippen molar-refractivity contribution in [1.82, 2.24) is 0 Å². The van der Waals surface area contributed by atoms with Gasteiger partial charge in [-0.15, -0.1) is 0 Å². The van der Waals surface area contributed by atoms with Crippen LogP contribution in [0.25, 0.3) is 0 Å². The highest BCUT2D eigenvalue weighted by Gasteiger charge is 2.75. The summed E-state index contributed by atoms with van der Waals surface area (Å²) in [5.41, 5.74) is 1.44. The summed E-state index contributed by atoms with van der Waals surface area (Å²) in [6.07, 6.45) is 27.4. The molecule has 0 N–H and O–H groups in total. The van der Waals surface area contributed by atoms with E-state index in [0.717, 1.165) is 37.8 Å². The van der Waals surface area contributed by atoms with Crippen molar-refractivity contribution in [1.29, 1.82) is 0 Å². The van der Waals surface area contributed by atoms with Crippen molar-refractivity contribution in [3.63, 3.8) is 0 Å². The van der Waals surface area contributed by atoms with Gasteiger partial charge in [-0.2, -0.15) is 0 Å². The maximum absolute atomic E-state index is 11.5. The number of allylic oxidation sites excluding steroid dienone is 6. The van der Waals surface area contributed by atoms with E-state index in [9.17, 15) is 38.4 Å². The van der Waals surface area contributed by atoms with Gasteiger partial charge in [-0.3, -0.25) is 28.8 Å². The van der Waals surface area contributed by atoms with Gasteiger partial charge in [-0.25, -0.2) is 9.59 Å². The lowest BCUT2D eigenvalue weighted by Crippen LogP contribution is -2.24. The van der Waals surface area contributed by atoms with E-state index in [2.05, 4.69) is 55.0 Å². The summed E-state index contributed by atoms with van der Waals surface area (Å²) in [6, 6.07) is 0. The maximum Gasteiger partial charge on any atom is 0.338 e. The van der Waals surface area contributed by atoms with Gasteiger partial charge in [0, 0.05) is 17.6 Å². The molecular weight excluding hydrogens is 863 g/mol. The van der Waals surface area contributed by atoms with Crippen molar-refractivity contribution in [2.75, 3.05) is 0 Å². The topological polar surface area (TPSA) is 173 Å². The average molecular weight is 916 g/mol. The third-order valence-corrected chi connectivity index (χ3v) is 16.7. The number of esters is 8. The van der Waals surface area contributed by atoms with Crippen LogP contribution in [0.2, 0.25) is 0 Å². The Morgan fingerprint density at radius 2 is 0.806 bits per heavy atom. The predicted molar refractivity (Wildman–Crippen MR) is 223 cm³/mol. The molecule has 12 nitrogen and oxygen atoms in total. The largest absolute Gasteiger partial charge is 0.393 e. The molecule has 0 aromatic carbocycles. The molecule has 0 radical (unpaired) electrons. The number of fused-ring (bicyclic) bond motifs is 11. The molecule has 3 saturated heterocycles. The fourth-order valence-corrected chi connectivity index (χ4v) is 13.8. The summed E-state index contributed by atoms with van der Waals surface area (Å²) >= 11 is 14.4. The Bertz CT molecular complexity index is 1880. The molecule has 15 heteroatoms. The van der Waals surface area contributed by atoms with Crippen molar-refractivity contribution in [3.05, 3.63) is 48.6 Å². The Hall–Kier alpha value is -3.61. The number of rotatable bonds is 0. The Balaban J connectivity index is 0.000000106. The van der Waals surface area contributed by atoms with Crippen LogP contribution < -0.4 is 0 Å². The van der Waals surface area contributed by atoms with Crippen LogP contribution in [0.15, 0.2) is 48.6 Å². The summed E-state index contributed by atoms with van der Waals surface area (Å²) in [5.74, 6) is -0.979. The number of halogens is 3. The van der Waals surface area contributed by atoms with Gasteiger partial charge in [0.1, 0.15) is 0 Å². The monoisotopic (exact) mass is 914 g/mol. The predicted octanol–water partition coefficient (Wildman–Crippen LogP) is 7.92.